The summed E-state index contributed by atoms with van der Waals surface area (Å²) in [6, 6.07) is 0.350. The predicted molar refractivity (Wildman–Crippen MR) is 76.4 cm³/mol. The number of halogens is 5. The summed E-state index contributed by atoms with van der Waals surface area (Å²) in [5.41, 5.74) is 0.615. The van der Waals surface area contributed by atoms with Crippen molar-refractivity contribution in [3.8, 4) is 0 Å². The molecule has 0 bridgehead atoms. The van der Waals surface area contributed by atoms with E-state index in [9.17, 15) is 21.6 Å². The van der Waals surface area contributed by atoms with Gasteiger partial charge >= 0.3 is 6.18 Å². The second-order valence-electron chi connectivity index (χ2n) is 4.82. The van der Waals surface area contributed by atoms with Crippen LogP contribution in [0.4, 0.5) is 13.2 Å². The van der Waals surface area contributed by atoms with E-state index in [-0.39, 0.29) is 16.0 Å². The van der Waals surface area contributed by atoms with Gasteiger partial charge in [0.15, 0.2) is 0 Å². The minimum Gasteiger partial charge on any atom is -0.207 e. The molecule has 0 spiro atoms. The summed E-state index contributed by atoms with van der Waals surface area (Å²) in [4.78, 5) is -0.477. The maximum Gasteiger partial charge on any atom is 0.404 e. The summed E-state index contributed by atoms with van der Waals surface area (Å²) >= 11 is 11.9. The van der Waals surface area contributed by atoms with Crippen molar-refractivity contribution < 1.29 is 21.6 Å². The predicted octanol–water partition coefficient (Wildman–Crippen LogP) is 4.35. The van der Waals surface area contributed by atoms with Crippen molar-refractivity contribution in [3.05, 3.63) is 27.7 Å². The lowest BCUT2D eigenvalue weighted by Crippen LogP contribution is -2.43. The van der Waals surface area contributed by atoms with Crippen LogP contribution in [0.3, 0.4) is 0 Å². The standard InChI is InChI=1S/C12H14Cl2F3NO2S/c1-6(2)8-4-5-9(11(14)10(8)13)21(19,20)18-7(3)12(15,16)17/h4-7,18H,1-3H3/t7-/m0/s1. The molecule has 0 aromatic heterocycles. The monoisotopic (exact) mass is 363 g/mol. The average molecular weight is 364 g/mol. The highest BCUT2D eigenvalue weighted by Gasteiger charge is 2.39. The first-order valence-electron chi connectivity index (χ1n) is 5.95. The molecule has 0 unspecified atom stereocenters. The van der Waals surface area contributed by atoms with Gasteiger partial charge in [-0.3, -0.25) is 0 Å². The Morgan fingerprint density at radius 1 is 1.10 bits per heavy atom. The fourth-order valence-electron chi connectivity index (χ4n) is 1.56. The quantitative estimate of drug-likeness (QED) is 0.864. The van der Waals surface area contributed by atoms with Gasteiger partial charge in [-0.05, 0) is 24.5 Å². The van der Waals surface area contributed by atoms with E-state index in [1.54, 1.807) is 0 Å². The third kappa shape index (κ3) is 4.25. The Kier molecular flexibility index (Phi) is 5.58. The summed E-state index contributed by atoms with van der Waals surface area (Å²) in [7, 11) is -4.42. The van der Waals surface area contributed by atoms with E-state index in [1.165, 1.54) is 10.8 Å². The zero-order chi connectivity index (χ0) is 16.6. The highest BCUT2D eigenvalue weighted by atomic mass is 35.5. The summed E-state index contributed by atoms with van der Waals surface area (Å²) in [6.45, 7) is 4.36. The summed E-state index contributed by atoms with van der Waals surface area (Å²) < 4.78 is 62.9. The van der Waals surface area contributed by atoms with Crippen LogP contribution in [0.2, 0.25) is 10.0 Å². The third-order valence-electron chi connectivity index (χ3n) is 2.81. The van der Waals surface area contributed by atoms with E-state index in [0.29, 0.717) is 12.5 Å². The van der Waals surface area contributed by atoms with Crippen molar-refractivity contribution in [2.45, 2.75) is 43.8 Å². The lowest BCUT2D eigenvalue weighted by Gasteiger charge is -2.19. The molecule has 3 nitrogen and oxygen atoms in total. The van der Waals surface area contributed by atoms with E-state index >= 15 is 0 Å². The maximum atomic E-state index is 12.5. The van der Waals surface area contributed by atoms with E-state index in [4.69, 9.17) is 23.2 Å². The number of rotatable bonds is 4. The van der Waals surface area contributed by atoms with Crippen molar-refractivity contribution in [1.82, 2.24) is 4.72 Å². The molecule has 0 fully saturated rings. The molecule has 9 heteroatoms. The van der Waals surface area contributed by atoms with Crippen LogP contribution >= 0.6 is 23.2 Å². The Balaban J connectivity index is 3.25. The first-order valence-corrected chi connectivity index (χ1v) is 8.18. The molecule has 0 aliphatic carbocycles. The van der Waals surface area contributed by atoms with Gasteiger partial charge in [-0.15, -0.1) is 0 Å². The molecule has 0 heterocycles. The van der Waals surface area contributed by atoms with Crippen LogP contribution in [0.1, 0.15) is 32.3 Å². The minimum absolute atomic E-state index is 0.00573. The molecule has 21 heavy (non-hydrogen) atoms. The van der Waals surface area contributed by atoms with Crippen LogP contribution in [0.25, 0.3) is 0 Å². The van der Waals surface area contributed by atoms with E-state index < -0.39 is 27.1 Å². The smallest absolute Gasteiger partial charge is 0.207 e. The Morgan fingerprint density at radius 3 is 2.05 bits per heavy atom. The summed E-state index contributed by atoms with van der Waals surface area (Å²) in [5.74, 6) is -0.00573. The fourth-order valence-corrected chi connectivity index (χ4v) is 3.79. The lowest BCUT2D eigenvalue weighted by atomic mass is 10.0. The third-order valence-corrected chi connectivity index (χ3v) is 5.40. The normalized spacial score (nSPS) is 14.5. The Bertz CT molecular complexity index is 630. The van der Waals surface area contributed by atoms with Crippen molar-refractivity contribution in [2.75, 3.05) is 0 Å². The molecule has 0 aliphatic rings. The highest BCUT2D eigenvalue weighted by Crippen LogP contribution is 2.36. The number of benzene rings is 1. The first kappa shape index (κ1) is 18.5. The van der Waals surface area contributed by atoms with Gasteiger partial charge in [-0.2, -0.15) is 17.9 Å². The number of alkyl halides is 3. The number of hydrogen-bond donors (Lipinski definition) is 1. The molecule has 0 aliphatic heterocycles. The van der Waals surface area contributed by atoms with Crippen molar-refractivity contribution in [3.63, 3.8) is 0 Å². The molecule has 0 saturated carbocycles. The first-order chi connectivity index (χ1) is 9.38. The van der Waals surface area contributed by atoms with Crippen LogP contribution in [-0.4, -0.2) is 20.6 Å². The topological polar surface area (TPSA) is 46.2 Å². The fraction of sp³-hybridized carbons (Fsp3) is 0.500. The van der Waals surface area contributed by atoms with Gasteiger partial charge in [-0.25, -0.2) is 8.42 Å². The van der Waals surface area contributed by atoms with E-state index in [0.717, 1.165) is 6.07 Å². The molecule has 1 N–H and O–H groups in total. The number of nitrogens with one attached hydrogen (secondary N) is 1. The van der Waals surface area contributed by atoms with Crippen LogP contribution in [-0.2, 0) is 10.0 Å². The average Bonchev–Trinajstić information content (AvgIpc) is 2.29. The van der Waals surface area contributed by atoms with Gasteiger partial charge in [0.2, 0.25) is 10.0 Å². The van der Waals surface area contributed by atoms with E-state index in [1.807, 2.05) is 13.8 Å². The molecule has 1 atom stereocenters. The number of hydrogen-bond acceptors (Lipinski definition) is 2. The van der Waals surface area contributed by atoms with Gasteiger partial charge in [0, 0.05) is 0 Å². The van der Waals surface area contributed by atoms with Crippen LogP contribution in [0.5, 0.6) is 0 Å². The zero-order valence-corrected chi connectivity index (χ0v) is 13.8. The van der Waals surface area contributed by atoms with Crippen LogP contribution in [0.15, 0.2) is 17.0 Å². The molecule has 1 aromatic rings. The van der Waals surface area contributed by atoms with Crippen LogP contribution in [0, 0.1) is 0 Å². The molecular formula is C12H14Cl2F3NO2S. The van der Waals surface area contributed by atoms with Gasteiger partial charge in [0.1, 0.15) is 10.9 Å². The SMILES string of the molecule is CC(C)c1ccc(S(=O)(=O)N[C@@H](C)C(F)(F)F)c(Cl)c1Cl. The highest BCUT2D eigenvalue weighted by molar-refractivity contribution is 7.89. The molecule has 0 saturated heterocycles. The lowest BCUT2D eigenvalue weighted by molar-refractivity contribution is -0.147. The second-order valence-corrected chi connectivity index (χ2v) is 7.26. The van der Waals surface area contributed by atoms with Gasteiger partial charge < -0.3 is 0 Å². The maximum absolute atomic E-state index is 12.5. The number of sulfonamides is 1. The van der Waals surface area contributed by atoms with E-state index in [2.05, 4.69) is 0 Å². The van der Waals surface area contributed by atoms with Crippen molar-refractivity contribution in [2.24, 2.45) is 0 Å². The van der Waals surface area contributed by atoms with Gasteiger partial charge in [-0.1, -0.05) is 43.1 Å². The van der Waals surface area contributed by atoms with Crippen LogP contribution < -0.4 is 4.72 Å². The molecule has 1 aromatic carbocycles. The summed E-state index contributed by atoms with van der Waals surface area (Å²) in [6.07, 6.45) is -4.69. The van der Waals surface area contributed by atoms with Gasteiger partial charge in [0.25, 0.3) is 0 Å². The molecule has 1 rings (SSSR count). The zero-order valence-electron chi connectivity index (χ0n) is 11.4. The molecule has 0 amide bonds. The molecular weight excluding hydrogens is 350 g/mol. The Morgan fingerprint density at radius 2 is 1.62 bits per heavy atom. The van der Waals surface area contributed by atoms with Crippen molar-refractivity contribution >= 4 is 33.2 Å². The van der Waals surface area contributed by atoms with Crippen molar-refractivity contribution in [1.29, 1.82) is 0 Å². The summed E-state index contributed by atoms with van der Waals surface area (Å²) in [5, 5.41) is -0.265. The molecule has 120 valence electrons. The second kappa shape index (κ2) is 6.32. The Hall–Kier alpha value is -0.500. The molecule has 0 radical (unpaired) electrons. The minimum atomic E-state index is -4.69. The largest absolute Gasteiger partial charge is 0.404 e. The Labute approximate surface area is 131 Å². The van der Waals surface area contributed by atoms with Gasteiger partial charge in [0.05, 0.1) is 10.0 Å².